The molecule has 0 aliphatic carbocycles. The fraction of sp³-hybridized carbons (Fsp3) is 0.167. The molecule has 0 radical (unpaired) electrons. The van der Waals surface area contributed by atoms with Gasteiger partial charge in [-0.15, -0.1) is 5.10 Å². The molecular formula is C30H24ClN7O5. The van der Waals surface area contributed by atoms with Crippen LogP contribution in [-0.2, 0) is 11.4 Å². The molecule has 4 aromatic heterocycles. The van der Waals surface area contributed by atoms with Gasteiger partial charge < -0.3 is 23.5 Å². The van der Waals surface area contributed by atoms with Crippen molar-refractivity contribution in [2.24, 2.45) is 5.16 Å². The van der Waals surface area contributed by atoms with E-state index in [0.29, 0.717) is 51.1 Å². The van der Waals surface area contributed by atoms with Crippen LogP contribution in [0.1, 0.15) is 39.9 Å². The van der Waals surface area contributed by atoms with Crippen molar-refractivity contribution in [1.82, 2.24) is 29.4 Å². The van der Waals surface area contributed by atoms with E-state index >= 15 is 0 Å². The SMILES string of the molecule is COc1ccc(/C=N\OCc2nc3c4c(ncn3n2)Oc2c(c(C)nn2-c2ccc(Cl)cc2)[C@H]4c2ccco2)cc1OC. The predicted octanol–water partition coefficient (Wildman–Crippen LogP) is 5.72. The highest BCUT2D eigenvalue weighted by molar-refractivity contribution is 6.30. The van der Waals surface area contributed by atoms with Gasteiger partial charge in [-0.3, -0.25) is 0 Å². The lowest BCUT2D eigenvalue weighted by atomic mass is 9.88. The molecule has 216 valence electrons. The third-order valence-corrected chi connectivity index (χ3v) is 7.29. The molecule has 0 spiro atoms. The van der Waals surface area contributed by atoms with Crippen LogP contribution in [0.4, 0.5) is 0 Å². The lowest BCUT2D eigenvalue weighted by molar-refractivity contribution is 0.126. The van der Waals surface area contributed by atoms with Gasteiger partial charge in [0.25, 0.3) is 0 Å². The minimum Gasteiger partial charge on any atom is -0.493 e. The molecule has 0 amide bonds. The Kier molecular flexibility index (Phi) is 6.67. The zero-order valence-electron chi connectivity index (χ0n) is 23.3. The van der Waals surface area contributed by atoms with Crippen LogP contribution in [0.3, 0.4) is 0 Å². The number of furan rings is 1. The van der Waals surface area contributed by atoms with Crippen LogP contribution in [0.5, 0.6) is 23.3 Å². The number of hydrogen-bond acceptors (Lipinski definition) is 10. The third-order valence-electron chi connectivity index (χ3n) is 7.04. The Balaban J connectivity index is 1.22. The lowest BCUT2D eigenvalue weighted by Gasteiger charge is -2.24. The van der Waals surface area contributed by atoms with Crippen molar-refractivity contribution in [2.75, 3.05) is 14.2 Å². The highest BCUT2D eigenvalue weighted by atomic mass is 35.5. The number of aryl methyl sites for hydroxylation is 1. The first-order valence-electron chi connectivity index (χ1n) is 13.2. The number of oxime groups is 1. The molecule has 43 heavy (non-hydrogen) atoms. The molecule has 1 aliphatic heterocycles. The number of methoxy groups -OCH3 is 2. The Morgan fingerprint density at radius 2 is 1.86 bits per heavy atom. The minimum atomic E-state index is -0.396. The maximum atomic E-state index is 6.40. The summed E-state index contributed by atoms with van der Waals surface area (Å²) in [6.45, 7) is 1.97. The van der Waals surface area contributed by atoms with E-state index in [1.807, 2.05) is 37.3 Å². The van der Waals surface area contributed by atoms with Gasteiger partial charge in [-0.05, 0) is 61.5 Å². The summed E-state index contributed by atoms with van der Waals surface area (Å²) in [5.41, 5.74) is 4.45. The number of halogens is 1. The fourth-order valence-corrected chi connectivity index (χ4v) is 5.23. The number of benzene rings is 2. The molecule has 7 rings (SSSR count). The second-order valence-electron chi connectivity index (χ2n) is 9.62. The zero-order chi connectivity index (χ0) is 29.5. The van der Waals surface area contributed by atoms with Crippen LogP contribution in [0.25, 0.3) is 11.3 Å². The molecule has 5 heterocycles. The monoisotopic (exact) mass is 597 g/mol. The van der Waals surface area contributed by atoms with Gasteiger partial charge in [0.15, 0.2) is 29.6 Å². The zero-order valence-corrected chi connectivity index (χ0v) is 24.0. The van der Waals surface area contributed by atoms with Crippen LogP contribution >= 0.6 is 11.6 Å². The Bertz CT molecular complexity index is 1970. The summed E-state index contributed by atoms with van der Waals surface area (Å²) in [6, 6.07) is 16.6. The lowest BCUT2D eigenvalue weighted by Crippen LogP contribution is -2.15. The van der Waals surface area contributed by atoms with E-state index < -0.39 is 5.92 Å². The molecular weight excluding hydrogens is 574 g/mol. The van der Waals surface area contributed by atoms with Crippen molar-refractivity contribution in [2.45, 2.75) is 19.4 Å². The molecule has 0 unspecified atom stereocenters. The van der Waals surface area contributed by atoms with E-state index in [9.17, 15) is 0 Å². The van der Waals surface area contributed by atoms with Crippen molar-refractivity contribution in [1.29, 1.82) is 0 Å². The normalized spacial score (nSPS) is 14.0. The van der Waals surface area contributed by atoms with Crippen LogP contribution in [-0.4, -0.2) is 49.8 Å². The van der Waals surface area contributed by atoms with Gasteiger partial charge >= 0.3 is 0 Å². The summed E-state index contributed by atoms with van der Waals surface area (Å²) in [5.74, 6) is 2.85. The maximum absolute atomic E-state index is 6.40. The first kappa shape index (κ1) is 26.5. The summed E-state index contributed by atoms with van der Waals surface area (Å²) in [5, 5.41) is 14.1. The highest BCUT2D eigenvalue weighted by Crippen LogP contribution is 2.49. The second kappa shape index (κ2) is 10.8. The maximum Gasteiger partial charge on any atom is 0.230 e. The number of aromatic nitrogens is 6. The summed E-state index contributed by atoms with van der Waals surface area (Å²) in [6.07, 6.45) is 4.76. The molecule has 12 nitrogen and oxygen atoms in total. The van der Waals surface area contributed by atoms with E-state index in [-0.39, 0.29) is 6.61 Å². The van der Waals surface area contributed by atoms with Crippen LogP contribution in [0, 0.1) is 6.92 Å². The number of hydrogen-bond donors (Lipinski definition) is 0. The molecule has 1 atom stereocenters. The Hall–Kier alpha value is -5.36. The number of rotatable bonds is 8. The molecule has 0 bridgehead atoms. The van der Waals surface area contributed by atoms with Crippen molar-refractivity contribution in [3.63, 3.8) is 0 Å². The first-order valence-corrected chi connectivity index (χ1v) is 13.6. The van der Waals surface area contributed by atoms with Gasteiger partial charge in [0, 0.05) is 10.6 Å². The molecule has 13 heteroatoms. The van der Waals surface area contributed by atoms with Gasteiger partial charge in [0.1, 0.15) is 12.1 Å². The molecule has 2 aromatic carbocycles. The topological polar surface area (TPSA) is 123 Å². The minimum absolute atomic E-state index is 0.0330. The first-order chi connectivity index (χ1) is 21.0. The second-order valence-corrected chi connectivity index (χ2v) is 10.1. The molecule has 6 aromatic rings. The van der Waals surface area contributed by atoms with E-state index in [4.69, 9.17) is 45.1 Å². The van der Waals surface area contributed by atoms with Gasteiger partial charge in [-0.1, -0.05) is 16.8 Å². The summed E-state index contributed by atoms with van der Waals surface area (Å²) in [7, 11) is 3.16. The third kappa shape index (κ3) is 4.71. The van der Waals surface area contributed by atoms with Gasteiger partial charge in [0.2, 0.25) is 11.8 Å². The molecule has 1 aliphatic rings. The number of fused-ring (bicyclic) bond motifs is 4. The van der Waals surface area contributed by atoms with Gasteiger partial charge in [0.05, 0.1) is 55.1 Å². The summed E-state index contributed by atoms with van der Waals surface area (Å²) < 4.78 is 26.3. The predicted molar refractivity (Wildman–Crippen MR) is 156 cm³/mol. The standard InChI is InChI=1S/C30H24ClN7O5/c1-17-25-26(22-5-4-12-41-22)27-28-34-24(15-42-33-14-18-6-11-21(39-2)23(13-18)40-3)36-37(28)16-32-29(27)43-30(25)38(35-17)20-9-7-19(31)8-10-20/h4-14,16,26H,15H2,1-3H3/b33-14-/t26-/m1/s1. The van der Waals surface area contributed by atoms with Crippen LogP contribution < -0.4 is 14.2 Å². The Morgan fingerprint density at radius 1 is 1.02 bits per heavy atom. The van der Waals surface area contributed by atoms with Crippen molar-refractivity contribution < 1.29 is 23.5 Å². The van der Waals surface area contributed by atoms with Gasteiger partial charge in [-0.25, -0.2) is 19.2 Å². The number of ether oxygens (including phenoxy) is 3. The molecule has 0 fully saturated rings. The summed E-state index contributed by atoms with van der Waals surface area (Å²) >= 11 is 6.13. The van der Waals surface area contributed by atoms with Crippen molar-refractivity contribution in [3.8, 4) is 28.9 Å². The van der Waals surface area contributed by atoms with Crippen LogP contribution in [0.15, 0.2) is 76.8 Å². The van der Waals surface area contributed by atoms with E-state index in [2.05, 4.69) is 15.2 Å². The highest BCUT2D eigenvalue weighted by Gasteiger charge is 2.39. The Morgan fingerprint density at radius 3 is 2.63 bits per heavy atom. The average Bonchev–Trinajstić information content (AvgIpc) is 3.78. The van der Waals surface area contributed by atoms with E-state index in [0.717, 1.165) is 22.5 Å². The summed E-state index contributed by atoms with van der Waals surface area (Å²) in [4.78, 5) is 14.9. The van der Waals surface area contributed by atoms with Crippen molar-refractivity contribution >= 4 is 23.5 Å². The van der Waals surface area contributed by atoms with Crippen LogP contribution in [0.2, 0.25) is 5.02 Å². The van der Waals surface area contributed by atoms with E-state index in [1.54, 1.807) is 66.5 Å². The quantitative estimate of drug-likeness (QED) is 0.160. The molecule has 0 N–H and O–H groups in total. The molecule has 0 saturated carbocycles. The smallest absolute Gasteiger partial charge is 0.230 e. The average molecular weight is 598 g/mol. The van der Waals surface area contributed by atoms with E-state index in [1.165, 1.54) is 0 Å². The number of nitrogens with zero attached hydrogens (tertiary/aromatic N) is 7. The largest absolute Gasteiger partial charge is 0.493 e. The molecule has 0 saturated heterocycles. The fourth-order valence-electron chi connectivity index (χ4n) is 5.11. The Labute approximate surface area is 250 Å². The van der Waals surface area contributed by atoms with Crippen molar-refractivity contribution in [3.05, 3.63) is 106 Å². The van der Waals surface area contributed by atoms with Gasteiger partial charge in [-0.2, -0.15) is 5.10 Å².